The van der Waals surface area contributed by atoms with Gasteiger partial charge in [-0.05, 0) is 28.1 Å². The van der Waals surface area contributed by atoms with Crippen molar-refractivity contribution < 1.29 is 4.92 Å². The number of rotatable bonds is 2. The van der Waals surface area contributed by atoms with Crippen LogP contribution in [0, 0.1) is 10.1 Å². The first-order valence-electron chi connectivity index (χ1n) is 3.39. The largest absolute Gasteiger partial charge is 0.326 e. The Morgan fingerprint density at radius 3 is 2.62 bits per heavy atom. The minimum atomic E-state index is -0.502. The number of hydrogen-bond acceptors (Lipinski definition) is 3. The normalized spacial score (nSPS) is 10.1. The third-order valence-corrected chi connectivity index (χ3v) is 2.56. The molecule has 0 aliphatic carbocycles. The summed E-state index contributed by atoms with van der Waals surface area (Å²) in [5.41, 5.74) is 5.64. The first kappa shape index (κ1) is 10.4. The summed E-state index contributed by atoms with van der Waals surface area (Å²) in [5.74, 6) is 0. The molecule has 1 rings (SSSR count). The Morgan fingerprint density at radius 2 is 2.23 bits per heavy atom. The summed E-state index contributed by atoms with van der Waals surface area (Å²) >= 11 is 8.81. The van der Waals surface area contributed by atoms with Gasteiger partial charge in [0.2, 0.25) is 0 Å². The number of hydrogen-bond donors (Lipinski definition) is 1. The zero-order valence-electron chi connectivity index (χ0n) is 6.46. The maximum absolute atomic E-state index is 10.6. The van der Waals surface area contributed by atoms with E-state index in [9.17, 15) is 10.1 Å². The average molecular weight is 265 g/mol. The minimum absolute atomic E-state index is 0.0502. The predicted molar refractivity (Wildman–Crippen MR) is 53.7 cm³/mol. The van der Waals surface area contributed by atoms with Gasteiger partial charge in [0.1, 0.15) is 0 Å². The summed E-state index contributed by atoms with van der Waals surface area (Å²) in [4.78, 5) is 10.1. The third-order valence-electron chi connectivity index (χ3n) is 1.56. The molecule has 0 saturated carbocycles. The van der Waals surface area contributed by atoms with Crippen LogP contribution in [0.1, 0.15) is 5.56 Å². The van der Waals surface area contributed by atoms with Gasteiger partial charge in [0.15, 0.2) is 0 Å². The number of nitro groups is 1. The van der Waals surface area contributed by atoms with Crippen molar-refractivity contribution in [3.05, 3.63) is 37.3 Å². The monoisotopic (exact) mass is 264 g/mol. The zero-order chi connectivity index (χ0) is 10.0. The molecule has 0 aliphatic heterocycles. The van der Waals surface area contributed by atoms with Gasteiger partial charge in [0.25, 0.3) is 5.69 Å². The number of nitrogens with two attached hydrogens (primary N) is 1. The summed E-state index contributed by atoms with van der Waals surface area (Å²) in [7, 11) is 0. The number of halogens is 2. The van der Waals surface area contributed by atoms with Gasteiger partial charge in [0.05, 0.1) is 20.0 Å². The molecule has 0 bridgehead atoms. The lowest BCUT2D eigenvalue weighted by Crippen LogP contribution is -2.03. The highest BCUT2D eigenvalue weighted by atomic mass is 79.9. The number of benzene rings is 1. The molecule has 0 saturated heterocycles. The Morgan fingerprint density at radius 1 is 1.62 bits per heavy atom. The first-order valence-corrected chi connectivity index (χ1v) is 4.56. The summed E-state index contributed by atoms with van der Waals surface area (Å²) < 4.78 is 0.391. The Bertz CT molecular complexity index is 357. The van der Waals surface area contributed by atoms with Crippen molar-refractivity contribution in [1.29, 1.82) is 0 Å². The van der Waals surface area contributed by atoms with Crippen LogP contribution in [-0.2, 0) is 6.54 Å². The van der Waals surface area contributed by atoms with Crippen molar-refractivity contribution >= 4 is 33.2 Å². The molecule has 0 aromatic heterocycles. The molecule has 1 aromatic rings. The van der Waals surface area contributed by atoms with Crippen molar-refractivity contribution in [3.63, 3.8) is 0 Å². The standard InChI is InChI=1S/C7H6BrClN2O2/c8-5-1-2-6(9)4(3-10)7(5)11(12)13/h1-2H,3,10H2. The van der Waals surface area contributed by atoms with Crippen LogP contribution < -0.4 is 5.73 Å². The number of nitrogens with zero attached hydrogens (tertiary/aromatic N) is 1. The van der Waals surface area contributed by atoms with Crippen molar-refractivity contribution in [3.8, 4) is 0 Å². The van der Waals surface area contributed by atoms with Crippen LogP contribution >= 0.6 is 27.5 Å². The lowest BCUT2D eigenvalue weighted by molar-refractivity contribution is -0.386. The van der Waals surface area contributed by atoms with E-state index < -0.39 is 4.92 Å². The first-order chi connectivity index (χ1) is 6.07. The molecule has 13 heavy (non-hydrogen) atoms. The lowest BCUT2D eigenvalue weighted by atomic mass is 10.2. The Labute approximate surface area is 88.0 Å². The van der Waals surface area contributed by atoms with Crippen molar-refractivity contribution in [1.82, 2.24) is 0 Å². The topological polar surface area (TPSA) is 69.2 Å². The highest BCUT2D eigenvalue weighted by Crippen LogP contribution is 2.33. The molecule has 0 amide bonds. The highest BCUT2D eigenvalue weighted by Gasteiger charge is 2.19. The van der Waals surface area contributed by atoms with Gasteiger partial charge in [0, 0.05) is 6.54 Å². The molecule has 0 atom stereocenters. The molecular weight excluding hydrogens is 259 g/mol. The third kappa shape index (κ3) is 1.99. The van der Waals surface area contributed by atoms with Crippen molar-refractivity contribution in [2.24, 2.45) is 5.73 Å². The summed E-state index contributed by atoms with van der Waals surface area (Å²) in [6.45, 7) is 0.0502. The fourth-order valence-corrected chi connectivity index (χ4v) is 1.72. The van der Waals surface area contributed by atoms with Gasteiger partial charge in [-0.15, -0.1) is 0 Å². The van der Waals surface area contributed by atoms with E-state index in [0.29, 0.717) is 15.1 Å². The summed E-state index contributed by atoms with van der Waals surface area (Å²) in [6, 6.07) is 3.10. The van der Waals surface area contributed by atoms with Crippen molar-refractivity contribution in [2.45, 2.75) is 6.54 Å². The molecule has 0 unspecified atom stereocenters. The predicted octanol–water partition coefficient (Wildman–Crippen LogP) is 2.47. The molecule has 0 heterocycles. The fraction of sp³-hybridized carbons (Fsp3) is 0.143. The van der Waals surface area contributed by atoms with Crippen molar-refractivity contribution in [2.75, 3.05) is 0 Å². The molecular formula is C7H6BrClN2O2. The Balaban J connectivity index is 3.43. The van der Waals surface area contributed by atoms with E-state index in [2.05, 4.69) is 15.9 Å². The van der Waals surface area contributed by atoms with Crippen LogP contribution in [0.4, 0.5) is 5.69 Å². The van der Waals surface area contributed by atoms with Gasteiger partial charge in [-0.2, -0.15) is 0 Å². The molecule has 0 aliphatic rings. The van der Waals surface area contributed by atoms with E-state index >= 15 is 0 Å². The fourth-order valence-electron chi connectivity index (χ4n) is 0.975. The second kappa shape index (κ2) is 4.04. The highest BCUT2D eigenvalue weighted by molar-refractivity contribution is 9.10. The molecule has 6 heteroatoms. The van der Waals surface area contributed by atoms with E-state index in [-0.39, 0.29) is 12.2 Å². The van der Waals surface area contributed by atoms with Crippen LogP contribution in [0.5, 0.6) is 0 Å². The maximum atomic E-state index is 10.6. The summed E-state index contributed by atoms with van der Waals surface area (Å²) in [5, 5.41) is 10.9. The molecule has 4 nitrogen and oxygen atoms in total. The van der Waals surface area contributed by atoms with Gasteiger partial charge in [-0.1, -0.05) is 11.6 Å². The second-order valence-corrected chi connectivity index (χ2v) is 3.58. The summed E-state index contributed by atoms with van der Waals surface area (Å²) in [6.07, 6.45) is 0. The van der Waals surface area contributed by atoms with E-state index in [1.807, 2.05) is 0 Å². The van der Waals surface area contributed by atoms with Gasteiger partial charge in [-0.25, -0.2) is 0 Å². The van der Waals surface area contributed by atoms with Crippen LogP contribution in [0.3, 0.4) is 0 Å². The molecule has 1 aromatic carbocycles. The SMILES string of the molecule is NCc1c(Cl)ccc(Br)c1[N+](=O)[O-]. The zero-order valence-corrected chi connectivity index (χ0v) is 8.80. The van der Waals surface area contributed by atoms with Crippen LogP contribution in [0.15, 0.2) is 16.6 Å². The van der Waals surface area contributed by atoms with E-state index in [1.165, 1.54) is 6.07 Å². The quantitative estimate of drug-likeness (QED) is 0.659. The minimum Gasteiger partial charge on any atom is -0.326 e. The van der Waals surface area contributed by atoms with E-state index in [4.69, 9.17) is 17.3 Å². The second-order valence-electron chi connectivity index (χ2n) is 2.32. The molecule has 70 valence electrons. The Kier molecular flexibility index (Phi) is 3.24. The van der Waals surface area contributed by atoms with E-state index in [1.54, 1.807) is 6.07 Å². The Hall–Kier alpha value is -0.650. The smallest absolute Gasteiger partial charge is 0.289 e. The maximum Gasteiger partial charge on any atom is 0.289 e. The molecule has 0 radical (unpaired) electrons. The molecule has 0 fully saturated rings. The van der Waals surface area contributed by atoms with Gasteiger partial charge >= 0.3 is 0 Å². The van der Waals surface area contributed by atoms with Gasteiger partial charge in [-0.3, -0.25) is 10.1 Å². The van der Waals surface area contributed by atoms with Gasteiger partial charge < -0.3 is 5.73 Å². The van der Waals surface area contributed by atoms with Crippen LogP contribution in [0.2, 0.25) is 5.02 Å². The van der Waals surface area contributed by atoms with Crippen LogP contribution in [0.25, 0.3) is 0 Å². The lowest BCUT2D eigenvalue weighted by Gasteiger charge is -2.03. The van der Waals surface area contributed by atoms with E-state index in [0.717, 1.165) is 0 Å². The molecule has 0 spiro atoms. The average Bonchev–Trinajstić information content (AvgIpc) is 2.07. The molecule has 2 N–H and O–H groups in total. The number of nitro benzene ring substituents is 1. The van der Waals surface area contributed by atoms with Crippen LogP contribution in [-0.4, -0.2) is 4.92 Å².